The van der Waals surface area contributed by atoms with Crippen molar-refractivity contribution >= 4 is 56.5 Å². The number of benzene rings is 2. The highest BCUT2D eigenvalue weighted by Gasteiger charge is 2.47. The fraction of sp³-hybridized carbons (Fsp3) is 0.238. The molecule has 2 aromatic carbocycles. The minimum absolute atomic E-state index is 0.0545. The quantitative estimate of drug-likeness (QED) is 0.365. The lowest BCUT2D eigenvalue weighted by atomic mass is 9.97. The number of aromatic nitrogens is 2. The zero-order chi connectivity index (χ0) is 23.2. The van der Waals surface area contributed by atoms with E-state index in [1.54, 1.807) is 49.4 Å². The number of anilines is 2. The molecule has 0 fully saturated rings. The summed E-state index contributed by atoms with van der Waals surface area (Å²) in [5.74, 6) is -0.786. The first-order valence-electron chi connectivity index (χ1n) is 9.49. The van der Waals surface area contributed by atoms with Crippen molar-refractivity contribution in [3.63, 3.8) is 0 Å². The van der Waals surface area contributed by atoms with Gasteiger partial charge in [0, 0.05) is 21.6 Å². The van der Waals surface area contributed by atoms with Gasteiger partial charge in [0.25, 0.3) is 5.91 Å². The maximum atomic E-state index is 13.9. The van der Waals surface area contributed by atoms with Gasteiger partial charge in [-0.25, -0.2) is 4.68 Å². The molecule has 1 aromatic heterocycles. The molecule has 2 N–H and O–H groups in total. The van der Waals surface area contributed by atoms with Gasteiger partial charge in [0.05, 0.1) is 6.04 Å². The van der Waals surface area contributed by atoms with Gasteiger partial charge >= 0.3 is 6.18 Å². The normalized spacial score (nSPS) is 18.1. The first-order chi connectivity index (χ1) is 15.1. The second-order valence-corrected chi connectivity index (χ2v) is 9.06. The summed E-state index contributed by atoms with van der Waals surface area (Å²) in [6.07, 6.45) is -4.89. The minimum Gasteiger partial charge on any atom is -0.362 e. The fourth-order valence-corrected chi connectivity index (χ4v) is 4.28. The Morgan fingerprint density at radius 3 is 2.56 bits per heavy atom. The van der Waals surface area contributed by atoms with Crippen molar-refractivity contribution in [3.05, 3.63) is 73.8 Å². The smallest absolute Gasteiger partial charge is 0.362 e. The van der Waals surface area contributed by atoms with Gasteiger partial charge in [0.2, 0.25) is 0 Å². The molecule has 1 amide bonds. The van der Waals surface area contributed by atoms with E-state index in [1.807, 2.05) is 0 Å². The summed E-state index contributed by atoms with van der Waals surface area (Å²) in [7, 11) is 0. The molecule has 0 saturated carbocycles. The van der Waals surface area contributed by atoms with Crippen LogP contribution in [-0.2, 0) is 0 Å². The molecule has 0 bridgehead atoms. The van der Waals surface area contributed by atoms with E-state index >= 15 is 0 Å². The molecule has 4 rings (SSSR count). The lowest BCUT2D eigenvalue weighted by molar-refractivity contribution is -0.173. The van der Waals surface area contributed by atoms with Crippen LogP contribution in [0.1, 0.15) is 40.1 Å². The summed E-state index contributed by atoms with van der Waals surface area (Å²) in [6.45, 7) is 1.71. The molecule has 1 aliphatic rings. The van der Waals surface area contributed by atoms with E-state index in [2.05, 4.69) is 31.7 Å². The summed E-state index contributed by atoms with van der Waals surface area (Å²) in [5.41, 5.74) is 1.38. The van der Waals surface area contributed by atoms with Crippen LogP contribution in [0.4, 0.5) is 24.7 Å². The summed E-state index contributed by atoms with van der Waals surface area (Å²) in [4.78, 5) is 12.8. The van der Waals surface area contributed by atoms with Gasteiger partial charge < -0.3 is 10.6 Å². The number of hydrogen-bond acceptors (Lipinski definition) is 3. The Hall–Kier alpha value is -2.23. The van der Waals surface area contributed by atoms with Crippen LogP contribution in [-0.4, -0.2) is 21.9 Å². The van der Waals surface area contributed by atoms with E-state index in [9.17, 15) is 18.0 Å². The number of amides is 1. The second-order valence-electron chi connectivity index (χ2n) is 7.36. The molecule has 3 aromatic rings. The largest absolute Gasteiger partial charge is 0.410 e. The van der Waals surface area contributed by atoms with Crippen LogP contribution >= 0.6 is 39.1 Å². The summed E-state index contributed by atoms with van der Waals surface area (Å²) in [6, 6.07) is 9.28. The van der Waals surface area contributed by atoms with Crippen LogP contribution in [0.2, 0.25) is 10.0 Å². The molecule has 2 heterocycles. The van der Waals surface area contributed by atoms with Crippen LogP contribution in [0.25, 0.3) is 0 Å². The third-order valence-electron chi connectivity index (χ3n) is 5.30. The Morgan fingerprint density at radius 2 is 1.91 bits per heavy atom. The summed E-state index contributed by atoms with van der Waals surface area (Å²) in [5, 5.41) is 9.83. The Bertz CT molecular complexity index is 1180. The number of halogens is 6. The topological polar surface area (TPSA) is 59.0 Å². The molecule has 2 atom stereocenters. The average Bonchev–Trinajstić information content (AvgIpc) is 3.07. The molecule has 11 heteroatoms. The molecule has 5 nitrogen and oxygen atoms in total. The monoisotopic (exact) mass is 546 g/mol. The maximum absolute atomic E-state index is 13.9. The number of carbonyl (C=O) groups excluding carboxylic acids is 1. The Kier molecular flexibility index (Phi) is 6.17. The van der Waals surface area contributed by atoms with Crippen LogP contribution < -0.4 is 10.6 Å². The predicted molar refractivity (Wildman–Crippen MR) is 122 cm³/mol. The van der Waals surface area contributed by atoms with Crippen molar-refractivity contribution in [2.45, 2.75) is 31.6 Å². The standard InChI is InChI=1S/C21H16BrCl2F3N4O/c1-10-13(23)3-2-4-14(10)29-20(32)18-17(24)19-28-15(11-5-7-12(22)8-6-11)9-16(21(25,26)27)31(19)30-18/h2-8,15-16,28H,9H2,1H3,(H,29,32)/t15-,16-/m1/s1. The minimum atomic E-state index is -4.59. The number of hydrogen-bond donors (Lipinski definition) is 2. The van der Waals surface area contributed by atoms with Gasteiger partial charge in [-0.3, -0.25) is 4.79 Å². The van der Waals surface area contributed by atoms with Gasteiger partial charge in [-0.15, -0.1) is 0 Å². The number of fused-ring (bicyclic) bond motifs is 1. The maximum Gasteiger partial charge on any atom is 0.410 e. The van der Waals surface area contributed by atoms with E-state index in [4.69, 9.17) is 23.2 Å². The van der Waals surface area contributed by atoms with Gasteiger partial charge in [0.1, 0.15) is 10.8 Å². The van der Waals surface area contributed by atoms with E-state index < -0.39 is 24.2 Å². The fourth-order valence-electron chi connectivity index (χ4n) is 3.57. The van der Waals surface area contributed by atoms with Crippen molar-refractivity contribution in [2.75, 3.05) is 10.6 Å². The van der Waals surface area contributed by atoms with Crippen molar-refractivity contribution in [3.8, 4) is 0 Å². The number of carbonyl (C=O) groups is 1. The SMILES string of the molecule is Cc1c(Cl)cccc1NC(=O)c1nn2c(c1Cl)N[C@@H](c1ccc(Br)cc1)C[C@@H]2C(F)(F)F. The summed E-state index contributed by atoms with van der Waals surface area (Å²) < 4.78 is 43.3. The number of alkyl halides is 3. The molecule has 0 radical (unpaired) electrons. The molecular formula is C21H16BrCl2F3N4O. The van der Waals surface area contributed by atoms with Crippen molar-refractivity contribution in [2.24, 2.45) is 0 Å². The number of nitrogens with one attached hydrogen (secondary N) is 2. The molecular weight excluding hydrogens is 532 g/mol. The van der Waals surface area contributed by atoms with Gasteiger partial charge in [-0.2, -0.15) is 18.3 Å². The average molecular weight is 548 g/mol. The number of rotatable bonds is 3. The van der Waals surface area contributed by atoms with Crippen LogP contribution in [0.15, 0.2) is 46.9 Å². The van der Waals surface area contributed by atoms with Crippen molar-refractivity contribution < 1.29 is 18.0 Å². The highest BCUT2D eigenvalue weighted by atomic mass is 79.9. The molecule has 1 aliphatic heterocycles. The van der Waals surface area contributed by atoms with Crippen molar-refractivity contribution in [1.29, 1.82) is 0 Å². The molecule has 0 aliphatic carbocycles. The molecule has 32 heavy (non-hydrogen) atoms. The first-order valence-corrected chi connectivity index (χ1v) is 11.0. The third kappa shape index (κ3) is 4.33. The van der Waals surface area contributed by atoms with Crippen LogP contribution in [0, 0.1) is 6.92 Å². The van der Waals surface area contributed by atoms with Gasteiger partial charge in [-0.05, 0) is 42.3 Å². The lowest BCUT2D eigenvalue weighted by Crippen LogP contribution is -2.35. The Balaban J connectivity index is 1.71. The Morgan fingerprint density at radius 1 is 1.22 bits per heavy atom. The van der Waals surface area contributed by atoms with Crippen LogP contribution in [0.5, 0.6) is 0 Å². The van der Waals surface area contributed by atoms with Gasteiger partial charge in [-0.1, -0.05) is 57.3 Å². The zero-order valence-electron chi connectivity index (χ0n) is 16.5. The van der Waals surface area contributed by atoms with Crippen LogP contribution in [0.3, 0.4) is 0 Å². The first kappa shape index (κ1) is 22.9. The lowest BCUT2D eigenvalue weighted by Gasteiger charge is -2.33. The highest BCUT2D eigenvalue weighted by molar-refractivity contribution is 9.10. The molecule has 0 unspecified atom stereocenters. The number of nitrogens with zero attached hydrogens (tertiary/aromatic N) is 2. The van der Waals surface area contributed by atoms with Crippen molar-refractivity contribution in [1.82, 2.24) is 9.78 Å². The van der Waals surface area contributed by atoms with E-state index in [1.165, 1.54) is 0 Å². The van der Waals surface area contributed by atoms with E-state index in [0.717, 1.165) is 9.15 Å². The molecule has 168 valence electrons. The highest BCUT2D eigenvalue weighted by Crippen LogP contribution is 2.46. The second kappa shape index (κ2) is 8.61. The molecule has 0 spiro atoms. The predicted octanol–water partition coefficient (Wildman–Crippen LogP) is 7.17. The molecule has 0 saturated heterocycles. The van der Waals surface area contributed by atoms with E-state index in [-0.39, 0.29) is 23.0 Å². The van der Waals surface area contributed by atoms with Gasteiger partial charge in [0.15, 0.2) is 11.7 Å². The Labute approximate surface area is 200 Å². The third-order valence-corrected chi connectivity index (χ3v) is 6.60. The zero-order valence-corrected chi connectivity index (χ0v) is 19.6. The van der Waals surface area contributed by atoms with E-state index in [0.29, 0.717) is 21.8 Å². The summed E-state index contributed by atoms with van der Waals surface area (Å²) >= 11 is 15.8.